The number of fused-ring (bicyclic) bond motifs is 1. The van der Waals surface area contributed by atoms with Crippen molar-refractivity contribution in [2.75, 3.05) is 18.5 Å². The van der Waals surface area contributed by atoms with Crippen LogP contribution in [0, 0.1) is 11.8 Å². The van der Waals surface area contributed by atoms with Crippen LogP contribution in [0.3, 0.4) is 0 Å². The Morgan fingerprint density at radius 2 is 2.00 bits per heavy atom. The van der Waals surface area contributed by atoms with Crippen molar-refractivity contribution in [3.63, 3.8) is 0 Å². The van der Waals surface area contributed by atoms with Gasteiger partial charge in [0, 0.05) is 12.5 Å². The zero-order valence-corrected chi connectivity index (χ0v) is 11.3. The molecule has 1 unspecified atom stereocenters. The first-order chi connectivity index (χ1) is 8.09. The van der Waals surface area contributed by atoms with E-state index in [0.29, 0.717) is 17.8 Å². The lowest BCUT2D eigenvalue weighted by Crippen LogP contribution is -2.23. The van der Waals surface area contributed by atoms with Crippen molar-refractivity contribution < 1.29 is 4.74 Å². The molecule has 0 radical (unpaired) electrons. The molecular weight excluding hydrogens is 210 g/mol. The van der Waals surface area contributed by atoms with Gasteiger partial charge in [-0.25, -0.2) is 0 Å². The fourth-order valence-corrected chi connectivity index (χ4v) is 2.26. The minimum atomic E-state index is 0.525. The average molecular weight is 233 g/mol. The van der Waals surface area contributed by atoms with Gasteiger partial charge < -0.3 is 10.1 Å². The van der Waals surface area contributed by atoms with E-state index < -0.39 is 0 Å². The van der Waals surface area contributed by atoms with Crippen molar-refractivity contribution >= 4 is 5.69 Å². The zero-order chi connectivity index (χ0) is 12.4. The van der Waals surface area contributed by atoms with Gasteiger partial charge in [-0.05, 0) is 23.5 Å². The van der Waals surface area contributed by atoms with Crippen molar-refractivity contribution in [3.05, 3.63) is 23.8 Å². The van der Waals surface area contributed by atoms with Gasteiger partial charge in [0.15, 0.2) is 0 Å². The number of rotatable bonds is 2. The van der Waals surface area contributed by atoms with Crippen LogP contribution >= 0.6 is 0 Å². The Bertz CT molecular complexity index is 385. The van der Waals surface area contributed by atoms with E-state index in [1.54, 1.807) is 0 Å². The van der Waals surface area contributed by atoms with Gasteiger partial charge in [-0.3, -0.25) is 0 Å². The van der Waals surface area contributed by atoms with Crippen molar-refractivity contribution in [3.8, 4) is 5.75 Å². The van der Waals surface area contributed by atoms with Crippen LogP contribution in [-0.4, -0.2) is 13.2 Å². The van der Waals surface area contributed by atoms with Gasteiger partial charge in [0.05, 0.1) is 12.3 Å². The lowest BCUT2D eigenvalue weighted by Gasteiger charge is -2.18. The van der Waals surface area contributed by atoms with Crippen LogP contribution in [0.25, 0.3) is 0 Å². The second kappa shape index (κ2) is 4.99. The number of para-hydroxylation sites is 1. The van der Waals surface area contributed by atoms with Crippen LogP contribution in [0.15, 0.2) is 18.2 Å². The molecule has 1 aromatic rings. The maximum Gasteiger partial charge on any atom is 0.142 e. The highest BCUT2D eigenvalue weighted by molar-refractivity contribution is 5.63. The summed E-state index contributed by atoms with van der Waals surface area (Å²) >= 11 is 0. The fraction of sp³-hybridized carbons (Fsp3) is 0.600. The lowest BCUT2D eigenvalue weighted by atomic mass is 9.96. The summed E-state index contributed by atoms with van der Waals surface area (Å²) in [5.74, 6) is 2.78. The van der Waals surface area contributed by atoms with E-state index in [1.807, 2.05) is 0 Å². The summed E-state index contributed by atoms with van der Waals surface area (Å²) < 4.78 is 5.95. The predicted molar refractivity (Wildman–Crippen MR) is 72.8 cm³/mol. The summed E-state index contributed by atoms with van der Waals surface area (Å²) in [5.41, 5.74) is 2.55. The minimum Gasteiger partial charge on any atom is -0.491 e. The third-order valence-corrected chi connectivity index (χ3v) is 3.62. The van der Waals surface area contributed by atoms with Gasteiger partial charge >= 0.3 is 0 Å². The largest absolute Gasteiger partial charge is 0.491 e. The van der Waals surface area contributed by atoms with E-state index in [-0.39, 0.29) is 0 Å². The maximum atomic E-state index is 5.95. The molecule has 1 heterocycles. The Morgan fingerprint density at radius 3 is 2.65 bits per heavy atom. The maximum absolute atomic E-state index is 5.95. The molecule has 1 aliphatic rings. The van der Waals surface area contributed by atoms with Crippen molar-refractivity contribution in [2.24, 2.45) is 11.8 Å². The summed E-state index contributed by atoms with van der Waals surface area (Å²) in [6.07, 6.45) is 0. The number of anilines is 1. The molecule has 0 amide bonds. The van der Waals surface area contributed by atoms with Crippen LogP contribution in [0.4, 0.5) is 5.69 Å². The molecule has 0 bridgehead atoms. The Kier molecular flexibility index (Phi) is 3.60. The predicted octanol–water partition coefficient (Wildman–Crippen LogP) is 3.89. The molecule has 17 heavy (non-hydrogen) atoms. The third kappa shape index (κ3) is 2.56. The minimum absolute atomic E-state index is 0.525. The van der Waals surface area contributed by atoms with Crippen molar-refractivity contribution in [1.29, 1.82) is 0 Å². The highest BCUT2D eigenvalue weighted by atomic mass is 16.5. The molecule has 0 aliphatic carbocycles. The number of benzene rings is 1. The van der Waals surface area contributed by atoms with Crippen molar-refractivity contribution in [1.82, 2.24) is 0 Å². The molecule has 2 heteroatoms. The van der Waals surface area contributed by atoms with E-state index in [4.69, 9.17) is 4.74 Å². The highest BCUT2D eigenvalue weighted by Gasteiger charge is 2.21. The molecule has 0 saturated carbocycles. The standard InChI is InChI=1S/C15H23NO/c1-10(2)12-8-16-15-13(11(3)4)6-5-7-14(15)17-9-12/h5-7,10-12,16H,8-9H2,1-4H3. The summed E-state index contributed by atoms with van der Waals surface area (Å²) in [6.45, 7) is 10.8. The Hall–Kier alpha value is -1.18. The molecule has 1 N–H and O–H groups in total. The van der Waals surface area contributed by atoms with Crippen molar-refractivity contribution in [2.45, 2.75) is 33.6 Å². The van der Waals surface area contributed by atoms with Crippen LogP contribution in [0.2, 0.25) is 0 Å². The second-order valence-corrected chi connectivity index (χ2v) is 5.57. The number of nitrogens with one attached hydrogen (secondary N) is 1. The summed E-state index contributed by atoms with van der Waals surface area (Å²) in [4.78, 5) is 0. The topological polar surface area (TPSA) is 21.3 Å². The second-order valence-electron chi connectivity index (χ2n) is 5.57. The summed E-state index contributed by atoms with van der Waals surface area (Å²) in [7, 11) is 0. The lowest BCUT2D eigenvalue weighted by molar-refractivity contribution is 0.226. The molecule has 1 aliphatic heterocycles. The van der Waals surface area contributed by atoms with Gasteiger partial charge in [0.2, 0.25) is 0 Å². The Labute approximate surface area is 104 Å². The molecule has 0 aromatic heterocycles. The molecule has 94 valence electrons. The molecule has 1 aromatic carbocycles. The van der Waals surface area contributed by atoms with E-state index in [0.717, 1.165) is 18.9 Å². The van der Waals surface area contributed by atoms with E-state index in [1.165, 1.54) is 11.3 Å². The molecule has 0 spiro atoms. The molecule has 0 saturated heterocycles. The Morgan fingerprint density at radius 1 is 1.24 bits per heavy atom. The fourth-order valence-electron chi connectivity index (χ4n) is 2.26. The summed E-state index contributed by atoms with van der Waals surface area (Å²) in [6, 6.07) is 6.35. The first kappa shape index (κ1) is 12.3. The molecule has 0 fully saturated rings. The van der Waals surface area contributed by atoms with E-state index >= 15 is 0 Å². The van der Waals surface area contributed by atoms with Gasteiger partial charge in [0.1, 0.15) is 5.75 Å². The molecule has 1 atom stereocenters. The van der Waals surface area contributed by atoms with Gasteiger partial charge in [-0.1, -0.05) is 39.8 Å². The normalized spacial score (nSPS) is 19.5. The van der Waals surface area contributed by atoms with E-state index in [2.05, 4.69) is 51.2 Å². The Balaban J connectivity index is 2.27. The smallest absolute Gasteiger partial charge is 0.142 e. The monoisotopic (exact) mass is 233 g/mol. The number of hydrogen-bond donors (Lipinski definition) is 1. The highest BCUT2D eigenvalue weighted by Crippen LogP contribution is 2.35. The van der Waals surface area contributed by atoms with Crippen LogP contribution in [0.1, 0.15) is 39.2 Å². The van der Waals surface area contributed by atoms with Gasteiger partial charge in [-0.15, -0.1) is 0 Å². The van der Waals surface area contributed by atoms with Crippen LogP contribution < -0.4 is 10.1 Å². The molecule has 2 rings (SSSR count). The molecule has 2 nitrogen and oxygen atoms in total. The third-order valence-electron chi connectivity index (χ3n) is 3.62. The summed E-state index contributed by atoms with van der Waals surface area (Å²) in [5, 5.41) is 3.58. The molecular formula is C15H23NO. The van der Waals surface area contributed by atoms with Gasteiger partial charge in [0.25, 0.3) is 0 Å². The van der Waals surface area contributed by atoms with Gasteiger partial charge in [-0.2, -0.15) is 0 Å². The van der Waals surface area contributed by atoms with Crippen LogP contribution in [-0.2, 0) is 0 Å². The number of hydrogen-bond acceptors (Lipinski definition) is 2. The SMILES string of the molecule is CC(C)c1cccc2c1NCC(C(C)C)CO2. The quantitative estimate of drug-likeness (QED) is 0.836. The average Bonchev–Trinajstić information content (AvgIpc) is 2.50. The van der Waals surface area contributed by atoms with E-state index in [9.17, 15) is 0 Å². The first-order valence-corrected chi connectivity index (χ1v) is 6.59. The zero-order valence-electron chi connectivity index (χ0n) is 11.3. The number of ether oxygens (including phenoxy) is 1. The first-order valence-electron chi connectivity index (χ1n) is 6.59. The van der Waals surface area contributed by atoms with Crippen LogP contribution in [0.5, 0.6) is 5.75 Å².